The van der Waals surface area contributed by atoms with Crippen LogP contribution in [0.5, 0.6) is 0 Å². The molecule has 1 aliphatic heterocycles. The summed E-state index contributed by atoms with van der Waals surface area (Å²) in [6, 6.07) is 14.5. The zero-order valence-electron chi connectivity index (χ0n) is 15.2. The van der Waals surface area contributed by atoms with Gasteiger partial charge in [-0.3, -0.25) is 4.79 Å². The topological polar surface area (TPSA) is 102 Å². The Morgan fingerprint density at radius 2 is 1.82 bits per heavy atom. The Bertz CT molecular complexity index is 1050. The Balaban J connectivity index is 1.97. The van der Waals surface area contributed by atoms with Crippen LogP contribution in [0, 0.1) is 22.7 Å². The number of nitrogens with zero attached hydrogens (tertiary/aromatic N) is 3. The summed E-state index contributed by atoms with van der Waals surface area (Å²) < 4.78 is 0. The second-order valence-corrected chi connectivity index (χ2v) is 6.74. The van der Waals surface area contributed by atoms with Gasteiger partial charge in [0.2, 0.25) is 0 Å². The summed E-state index contributed by atoms with van der Waals surface area (Å²) >= 11 is 5.81. The quantitative estimate of drug-likeness (QED) is 0.816. The van der Waals surface area contributed by atoms with E-state index in [9.17, 15) is 15.3 Å². The average molecular weight is 390 g/mol. The maximum Gasteiger partial charge on any atom is 0.256 e. The number of benzene rings is 1. The van der Waals surface area contributed by atoms with E-state index in [4.69, 9.17) is 11.6 Å². The van der Waals surface area contributed by atoms with Crippen molar-refractivity contribution < 1.29 is 4.79 Å². The van der Waals surface area contributed by atoms with Gasteiger partial charge in [0.05, 0.1) is 34.2 Å². The molecular formula is C21H16ClN5O. The standard InChI is InChI=1S/C21H16ClN5O/c1-12-17(9-23)20(18(10-24)13(2)26-12)14-4-3-5-15(8-14)21(28)27-19-7-6-16(22)11-25-19/h3-8,11,20,26H,1-2H3,(H,25,27,28). The first-order valence-electron chi connectivity index (χ1n) is 8.46. The lowest BCUT2D eigenvalue weighted by molar-refractivity contribution is 0.102. The first kappa shape index (κ1) is 19.2. The van der Waals surface area contributed by atoms with E-state index < -0.39 is 5.92 Å². The van der Waals surface area contributed by atoms with E-state index in [0.717, 1.165) is 0 Å². The highest BCUT2D eigenvalue weighted by atomic mass is 35.5. The molecule has 0 saturated heterocycles. The molecule has 0 unspecified atom stereocenters. The molecule has 1 aromatic heterocycles. The number of dihydropyridines is 1. The molecule has 0 atom stereocenters. The average Bonchev–Trinajstić information content (AvgIpc) is 2.69. The molecule has 0 aliphatic carbocycles. The number of hydrogen-bond donors (Lipinski definition) is 2. The van der Waals surface area contributed by atoms with Crippen molar-refractivity contribution in [3.05, 3.63) is 81.3 Å². The summed E-state index contributed by atoms with van der Waals surface area (Å²) in [7, 11) is 0. The lowest BCUT2D eigenvalue weighted by atomic mass is 9.81. The number of amides is 1. The van der Waals surface area contributed by atoms with Gasteiger partial charge in [0.1, 0.15) is 5.82 Å². The molecule has 1 amide bonds. The molecule has 7 heteroatoms. The fraction of sp³-hybridized carbons (Fsp3) is 0.143. The van der Waals surface area contributed by atoms with E-state index >= 15 is 0 Å². The van der Waals surface area contributed by atoms with Crippen LogP contribution in [0.1, 0.15) is 35.7 Å². The van der Waals surface area contributed by atoms with Gasteiger partial charge >= 0.3 is 0 Å². The molecule has 0 saturated carbocycles. The van der Waals surface area contributed by atoms with Crippen molar-refractivity contribution in [2.75, 3.05) is 5.32 Å². The largest absolute Gasteiger partial charge is 0.361 e. The third kappa shape index (κ3) is 3.73. The van der Waals surface area contributed by atoms with E-state index in [2.05, 4.69) is 27.8 Å². The minimum Gasteiger partial charge on any atom is -0.361 e. The highest BCUT2D eigenvalue weighted by Gasteiger charge is 2.29. The van der Waals surface area contributed by atoms with Crippen LogP contribution in [0.25, 0.3) is 0 Å². The zero-order chi connectivity index (χ0) is 20.3. The van der Waals surface area contributed by atoms with Gasteiger partial charge in [-0.25, -0.2) is 4.98 Å². The monoisotopic (exact) mass is 389 g/mol. The molecule has 6 nitrogen and oxygen atoms in total. The van der Waals surface area contributed by atoms with E-state index in [1.807, 2.05) is 6.07 Å². The number of allylic oxidation sites excluding steroid dienone is 4. The third-order valence-electron chi connectivity index (χ3n) is 4.45. The number of rotatable bonds is 3. The molecule has 2 heterocycles. The zero-order valence-corrected chi connectivity index (χ0v) is 16.0. The second kappa shape index (κ2) is 7.96. The maximum absolute atomic E-state index is 12.6. The predicted octanol–water partition coefficient (Wildman–Crippen LogP) is 4.27. The molecular weight excluding hydrogens is 374 g/mol. The minimum atomic E-state index is -0.516. The first-order valence-corrected chi connectivity index (χ1v) is 8.84. The van der Waals surface area contributed by atoms with Crippen LogP contribution in [0.15, 0.2) is 65.1 Å². The van der Waals surface area contributed by atoms with Crippen molar-refractivity contribution in [3.63, 3.8) is 0 Å². The lowest BCUT2D eigenvalue weighted by Gasteiger charge is -2.26. The molecule has 0 radical (unpaired) electrons. The van der Waals surface area contributed by atoms with E-state index in [1.54, 1.807) is 44.2 Å². The van der Waals surface area contributed by atoms with Crippen LogP contribution in [-0.2, 0) is 0 Å². The molecule has 1 aliphatic rings. The Hall–Kier alpha value is -3.61. The Morgan fingerprint density at radius 1 is 1.14 bits per heavy atom. The van der Waals surface area contributed by atoms with Crippen molar-refractivity contribution in [1.82, 2.24) is 10.3 Å². The van der Waals surface area contributed by atoms with Gasteiger partial charge in [-0.15, -0.1) is 0 Å². The van der Waals surface area contributed by atoms with Crippen LogP contribution in [-0.4, -0.2) is 10.9 Å². The van der Waals surface area contributed by atoms with Gasteiger partial charge < -0.3 is 10.6 Å². The Morgan fingerprint density at radius 3 is 2.39 bits per heavy atom. The number of hydrogen-bond acceptors (Lipinski definition) is 5. The minimum absolute atomic E-state index is 0.343. The summed E-state index contributed by atoms with van der Waals surface area (Å²) in [6.45, 7) is 3.60. The van der Waals surface area contributed by atoms with Gasteiger partial charge in [-0.2, -0.15) is 10.5 Å². The van der Waals surface area contributed by atoms with Crippen molar-refractivity contribution in [2.24, 2.45) is 0 Å². The molecule has 1 aromatic carbocycles. The summed E-state index contributed by atoms with van der Waals surface area (Å²) in [5, 5.41) is 25.5. The normalized spacial score (nSPS) is 14.2. The summed E-state index contributed by atoms with van der Waals surface area (Å²) in [4.78, 5) is 16.7. The molecule has 138 valence electrons. The smallest absolute Gasteiger partial charge is 0.256 e. The second-order valence-electron chi connectivity index (χ2n) is 6.30. The molecule has 0 fully saturated rings. The summed E-state index contributed by atoms with van der Waals surface area (Å²) in [5.74, 6) is -0.481. The molecule has 0 bridgehead atoms. The van der Waals surface area contributed by atoms with Crippen molar-refractivity contribution in [3.8, 4) is 12.1 Å². The fourth-order valence-electron chi connectivity index (χ4n) is 3.12. The van der Waals surface area contributed by atoms with Crippen LogP contribution in [0.4, 0.5) is 5.82 Å². The number of halogens is 1. The molecule has 3 rings (SSSR count). The van der Waals surface area contributed by atoms with E-state index in [-0.39, 0.29) is 5.91 Å². The number of nitriles is 2. The Labute approximate surface area is 167 Å². The number of aromatic nitrogens is 1. The number of pyridine rings is 1. The van der Waals surface area contributed by atoms with Crippen LogP contribution in [0.2, 0.25) is 5.02 Å². The van der Waals surface area contributed by atoms with Gasteiger partial charge in [0.25, 0.3) is 5.91 Å². The van der Waals surface area contributed by atoms with Gasteiger partial charge in [-0.1, -0.05) is 23.7 Å². The van der Waals surface area contributed by atoms with Crippen molar-refractivity contribution in [1.29, 1.82) is 10.5 Å². The maximum atomic E-state index is 12.6. The number of anilines is 1. The van der Waals surface area contributed by atoms with Crippen LogP contribution >= 0.6 is 11.6 Å². The van der Waals surface area contributed by atoms with Crippen molar-refractivity contribution >= 4 is 23.3 Å². The fourth-order valence-corrected chi connectivity index (χ4v) is 3.23. The van der Waals surface area contributed by atoms with Gasteiger partial charge in [0.15, 0.2) is 0 Å². The highest BCUT2D eigenvalue weighted by molar-refractivity contribution is 6.30. The molecule has 28 heavy (non-hydrogen) atoms. The van der Waals surface area contributed by atoms with Crippen LogP contribution < -0.4 is 10.6 Å². The third-order valence-corrected chi connectivity index (χ3v) is 4.68. The summed E-state index contributed by atoms with van der Waals surface area (Å²) in [6.07, 6.45) is 1.45. The SMILES string of the molecule is CC1=C(C#N)C(c2cccc(C(=O)Nc3ccc(Cl)cn3)c2)C(C#N)=C(C)N1. The molecule has 2 aromatic rings. The molecule has 0 spiro atoms. The number of carbonyl (C=O) groups excluding carboxylic acids is 1. The van der Waals surface area contributed by atoms with Gasteiger partial charge in [-0.05, 0) is 43.7 Å². The molecule has 2 N–H and O–H groups in total. The predicted molar refractivity (Wildman–Crippen MR) is 106 cm³/mol. The van der Waals surface area contributed by atoms with Gasteiger partial charge in [0, 0.05) is 23.2 Å². The van der Waals surface area contributed by atoms with Crippen LogP contribution in [0.3, 0.4) is 0 Å². The van der Waals surface area contributed by atoms with Crippen molar-refractivity contribution in [2.45, 2.75) is 19.8 Å². The Kier molecular flexibility index (Phi) is 5.44. The highest BCUT2D eigenvalue weighted by Crippen LogP contribution is 2.37. The first-order chi connectivity index (χ1) is 13.4. The number of carbonyl (C=O) groups is 1. The van der Waals surface area contributed by atoms with E-state index in [1.165, 1.54) is 6.20 Å². The summed E-state index contributed by atoms with van der Waals surface area (Å²) in [5.41, 5.74) is 3.41. The number of nitrogens with one attached hydrogen (secondary N) is 2. The lowest BCUT2D eigenvalue weighted by Crippen LogP contribution is -2.23. The van der Waals surface area contributed by atoms with E-state index in [0.29, 0.717) is 44.5 Å².